The van der Waals surface area contributed by atoms with Crippen molar-refractivity contribution < 1.29 is 9.53 Å². The predicted octanol–water partition coefficient (Wildman–Crippen LogP) is 7.57. The third-order valence-electron chi connectivity index (χ3n) is 6.97. The minimum absolute atomic E-state index is 0.190. The molecule has 5 rings (SSSR count). The summed E-state index contributed by atoms with van der Waals surface area (Å²) < 4.78 is 8.26. The number of rotatable bonds is 6. The maximum Gasteiger partial charge on any atom is 0.324 e. The van der Waals surface area contributed by atoms with Crippen LogP contribution in [0.25, 0.3) is 16.5 Å². The summed E-state index contributed by atoms with van der Waals surface area (Å²) in [6.07, 6.45) is 1.68. The highest BCUT2D eigenvalue weighted by atomic mass is 16.5. The highest BCUT2D eigenvalue weighted by molar-refractivity contribution is 6.07. The zero-order chi connectivity index (χ0) is 29.4. The minimum Gasteiger partial charge on any atom is -0.483 e. The Labute approximate surface area is 240 Å². The SMILES string of the molecule is Cc1ccc(-n2nc(C(C)(C)C)cc2NC(=O)Nc2ccc(OC(C)(C)c3ccnc(N)c3)c3ccccc23)cc1. The van der Waals surface area contributed by atoms with Gasteiger partial charge < -0.3 is 15.8 Å². The van der Waals surface area contributed by atoms with Gasteiger partial charge in [0.2, 0.25) is 0 Å². The van der Waals surface area contributed by atoms with Crippen molar-refractivity contribution in [1.82, 2.24) is 14.8 Å². The number of anilines is 3. The average Bonchev–Trinajstić information content (AvgIpc) is 3.35. The predicted molar refractivity (Wildman–Crippen MR) is 166 cm³/mol. The van der Waals surface area contributed by atoms with Crippen molar-refractivity contribution in [1.29, 1.82) is 0 Å². The van der Waals surface area contributed by atoms with Gasteiger partial charge in [-0.25, -0.2) is 14.5 Å². The van der Waals surface area contributed by atoms with Crippen LogP contribution >= 0.6 is 0 Å². The maximum absolute atomic E-state index is 13.3. The summed E-state index contributed by atoms with van der Waals surface area (Å²) in [5.74, 6) is 1.71. The Morgan fingerprint density at radius 3 is 2.27 bits per heavy atom. The summed E-state index contributed by atoms with van der Waals surface area (Å²) in [5.41, 5.74) is 9.53. The molecule has 2 aromatic heterocycles. The number of ether oxygens (including phenoxy) is 1. The van der Waals surface area contributed by atoms with Gasteiger partial charge >= 0.3 is 6.03 Å². The van der Waals surface area contributed by atoms with Gasteiger partial charge in [-0.05, 0) is 62.7 Å². The smallest absolute Gasteiger partial charge is 0.324 e. The van der Waals surface area contributed by atoms with Crippen LogP contribution in [0.1, 0.15) is 51.4 Å². The number of benzene rings is 3. The Balaban J connectivity index is 1.43. The van der Waals surface area contributed by atoms with E-state index in [1.807, 2.05) is 99.6 Å². The van der Waals surface area contributed by atoms with Gasteiger partial charge in [-0.2, -0.15) is 5.10 Å². The van der Waals surface area contributed by atoms with Crippen LogP contribution in [0, 0.1) is 6.92 Å². The summed E-state index contributed by atoms with van der Waals surface area (Å²) in [5, 5.41) is 12.6. The van der Waals surface area contributed by atoms with Crippen LogP contribution in [0.5, 0.6) is 5.75 Å². The normalized spacial score (nSPS) is 11.9. The summed E-state index contributed by atoms with van der Waals surface area (Å²) in [6, 6.07) is 24.8. The van der Waals surface area contributed by atoms with E-state index < -0.39 is 5.60 Å². The van der Waals surface area contributed by atoms with Crippen molar-refractivity contribution in [3.8, 4) is 11.4 Å². The first-order valence-corrected chi connectivity index (χ1v) is 13.6. The molecule has 0 unspecified atom stereocenters. The molecule has 0 bridgehead atoms. The number of aromatic nitrogens is 3. The second-order valence-electron chi connectivity index (χ2n) is 11.7. The number of fused-ring (bicyclic) bond motifs is 1. The quantitative estimate of drug-likeness (QED) is 0.203. The fourth-order valence-electron chi connectivity index (χ4n) is 4.62. The number of hydrogen-bond donors (Lipinski definition) is 3. The molecule has 210 valence electrons. The molecule has 0 saturated carbocycles. The van der Waals surface area contributed by atoms with E-state index in [2.05, 4.69) is 36.4 Å². The van der Waals surface area contributed by atoms with Crippen LogP contribution in [0.3, 0.4) is 0 Å². The van der Waals surface area contributed by atoms with Crippen molar-refractivity contribution in [3.05, 3.63) is 102 Å². The van der Waals surface area contributed by atoms with Crippen molar-refractivity contribution in [2.45, 2.75) is 52.6 Å². The van der Waals surface area contributed by atoms with Gasteiger partial charge in [0.05, 0.1) is 17.1 Å². The molecule has 0 aliphatic heterocycles. The zero-order valence-corrected chi connectivity index (χ0v) is 24.3. The lowest BCUT2D eigenvalue weighted by Crippen LogP contribution is -2.26. The molecule has 0 radical (unpaired) electrons. The van der Waals surface area contributed by atoms with E-state index in [0.29, 0.717) is 23.1 Å². The average molecular weight is 549 g/mol. The molecule has 0 atom stereocenters. The molecule has 0 spiro atoms. The fraction of sp³-hybridized carbons (Fsp3) is 0.242. The lowest BCUT2D eigenvalue weighted by atomic mass is 9.92. The van der Waals surface area contributed by atoms with Crippen molar-refractivity contribution in [2.24, 2.45) is 0 Å². The molecule has 2 amide bonds. The van der Waals surface area contributed by atoms with Gasteiger partial charge in [0, 0.05) is 28.5 Å². The molecule has 3 aromatic carbocycles. The number of nitrogens with two attached hydrogens (primary N) is 1. The van der Waals surface area contributed by atoms with Crippen LogP contribution in [0.2, 0.25) is 0 Å². The van der Waals surface area contributed by atoms with Gasteiger partial charge in [-0.3, -0.25) is 5.32 Å². The van der Waals surface area contributed by atoms with Gasteiger partial charge in [0.1, 0.15) is 23.0 Å². The number of aryl methyl sites for hydroxylation is 1. The summed E-state index contributed by atoms with van der Waals surface area (Å²) in [4.78, 5) is 17.4. The largest absolute Gasteiger partial charge is 0.483 e. The van der Waals surface area contributed by atoms with E-state index in [-0.39, 0.29) is 11.4 Å². The first kappa shape index (κ1) is 27.7. The van der Waals surface area contributed by atoms with Crippen LogP contribution in [0.15, 0.2) is 85.1 Å². The molecule has 5 aromatic rings. The molecule has 4 N–H and O–H groups in total. The van der Waals surface area contributed by atoms with Crippen LogP contribution < -0.4 is 21.1 Å². The third-order valence-corrected chi connectivity index (χ3v) is 6.97. The number of nitrogens with zero attached hydrogens (tertiary/aromatic N) is 3. The van der Waals surface area contributed by atoms with Crippen LogP contribution in [-0.2, 0) is 11.0 Å². The maximum atomic E-state index is 13.3. The van der Waals surface area contributed by atoms with E-state index in [1.54, 1.807) is 10.9 Å². The van der Waals surface area contributed by atoms with Crippen LogP contribution in [0.4, 0.5) is 22.1 Å². The number of carbonyl (C=O) groups excluding carboxylic acids is 1. The van der Waals surface area contributed by atoms with E-state index in [9.17, 15) is 4.79 Å². The number of amides is 2. The fourth-order valence-corrected chi connectivity index (χ4v) is 4.62. The minimum atomic E-state index is -0.661. The van der Waals surface area contributed by atoms with Crippen molar-refractivity contribution in [3.63, 3.8) is 0 Å². The number of nitrogens with one attached hydrogen (secondary N) is 2. The third kappa shape index (κ3) is 6.01. The van der Waals surface area contributed by atoms with Crippen molar-refractivity contribution in [2.75, 3.05) is 16.4 Å². The van der Waals surface area contributed by atoms with Gasteiger partial charge in [0.15, 0.2) is 0 Å². The Morgan fingerprint density at radius 1 is 0.878 bits per heavy atom. The Kier molecular flexibility index (Phi) is 7.17. The van der Waals surface area contributed by atoms with Gasteiger partial charge in [-0.1, -0.05) is 62.7 Å². The lowest BCUT2D eigenvalue weighted by molar-refractivity contribution is 0.111. The highest BCUT2D eigenvalue weighted by Gasteiger charge is 2.25. The molecule has 8 nitrogen and oxygen atoms in total. The number of carbonyl (C=O) groups is 1. The second-order valence-corrected chi connectivity index (χ2v) is 11.7. The van der Waals surface area contributed by atoms with E-state index in [1.165, 1.54) is 0 Å². The monoisotopic (exact) mass is 548 g/mol. The van der Waals surface area contributed by atoms with Gasteiger partial charge in [0.25, 0.3) is 0 Å². The van der Waals surface area contributed by atoms with E-state index in [0.717, 1.165) is 33.3 Å². The van der Waals surface area contributed by atoms with E-state index >= 15 is 0 Å². The second kappa shape index (κ2) is 10.6. The Hall–Kier alpha value is -4.85. The molecule has 8 heteroatoms. The molecule has 0 fully saturated rings. The first-order chi connectivity index (χ1) is 19.4. The molecule has 41 heavy (non-hydrogen) atoms. The summed E-state index contributed by atoms with van der Waals surface area (Å²) in [6.45, 7) is 12.3. The van der Waals surface area contributed by atoms with Gasteiger partial charge in [-0.15, -0.1) is 0 Å². The Bertz CT molecular complexity index is 1710. The first-order valence-electron chi connectivity index (χ1n) is 13.6. The molecular formula is C33H36N6O2. The molecule has 0 aliphatic carbocycles. The summed E-state index contributed by atoms with van der Waals surface area (Å²) in [7, 11) is 0. The number of pyridine rings is 1. The molecule has 0 saturated heterocycles. The number of nitrogen functional groups attached to an aromatic ring is 1. The number of hydrogen-bond acceptors (Lipinski definition) is 5. The molecule has 2 heterocycles. The van der Waals surface area contributed by atoms with Crippen LogP contribution in [-0.4, -0.2) is 20.8 Å². The summed E-state index contributed by atoms with van der Waals surface area (Å²) >= 11 is 0. The highest BCUT2D eigenvalue weighted by Crippen LogP contribution is 2.36. The number of urea groups is 1. The standard InChI is InChI=1S/C33H36N6O2/c1-21-11-13-23(14-12-21)39-30(20-28(38-39)32(2,3)4)37-31(40)36-26-15-16-27(25-10-8-7-9-24(25)26)41-33(5,6)22-17-18-35-29(34)19-22/h7-20H,1-6H3,(H2,34,35)(H2,36,37,40). The molecule has 0 aliphatic rings. The lowest BCUT2D eigenvalue weighted by Gasteiger charge is -2.28. The topological polar surface area (TPSA) is 107 Å². The molecular weight excluding hydrogens is 512 g/mol. The zero-order valence-electron chi connectivity index (χ0n) is 24.3. The van der Waals surface area contributed by atoms with E-state index in [4.69, 9.17) is 15.6 Å². The Morgan fingerprint density at radius 2 is 1.59 bits per heavy atom. The van der Waals surface area contributed by atoms with Crippen molar-refractivity contribution >= 4 is 34.1 Å².